The molecule has 114 valence electrons. The molecule has 1 aromatic rings. The smallest absolute Gasteiger partial charge is 0.410 e. The second-order valence-electron chi connectivity index (χ2n) is 6.84. The summed E-state index contributed by atoms with van der Waals surface area (Å²) in [7, 11) is 0. The van der Waals surface area contributed by atoms with Gasteiger partial charge in [0, 0.05) is 13.0 Å². The summed E-state index contributed by atoms with van der Waals surface area (Å²) in [5.74, 6) is 0. The van der Waals surface area contributed by atoms with E-state index in [1.54, 1.807) is 0 Å². The first kappa shape index (κ1) is 14.4. The number of rotatable bonds is 1. The van der Waals surface area contributed by atoms with Crippen molar-refractivity contribution in [3.8, 4) is 0 Å². The van der Waals surface area contributed by atoms with Crippen LogP contribution in [0.15, 0.2) is 30.3 Å². The number of amides is 1. The minimum absolute atomic E-state index is 0.0403. The van der Waals surface area contributed by atoms with Crippen molar-refractivity contribution in [3.05, 3.63) is 35.9 Å². The summed E-state index contributed by atoms with van der Waals surface area (Å²) in [6.45, 7) is 6.40. The van der Waals surface area contributed by atoms with E-state index in [2.05, 4.69) is 12.1 Å². The highest BCUT2D eigenvalue weighted by atomic mass is 16.6. The summed E-state index contributed by atoms with van der Waals surface area (Å²) in [6.07, 6.45) is 2.14. The Morgan fingerprint density at radius 3 is 2.62 bits per heavy atom. The van der Waals surface area contributed by atoms with E-state index < -0.39 is 5.60 Å². The van der Waals surface area contributed by atoms with Gasteiger partial charge in [-0.05, 0) is 32.8 Å². The Morgan fingerprint density at radius 1 is 1.24 bits per heavy atom. The van der Waals surface area contributed by atoms with Gasteiger partial charge < -0.3 is 14.4 Å². The fourth-order valence-electron chi connectivity index (χ4n) is 2.94. The SMILES string of the molecule is CC(C)(C)OC(=O)N1CCC2OC2CC1c1ccccc1. The van der Waals surface area contributed by atoms with E-state index in [1.807, 2.05) is 43.9 Å². The number of hydrogen-bond donors (Lipinski definition) is 0. The quantitative estimate of drug-likeness (QED) is 0.743. The van der Waals surface area contributed by atoms with Gasteiger partial charge in [-0.15, -0.1) is 0 Å². The van der Waals surface area contributed by atoms with Crippen LogP contribution in [0.3, 0.4) is 0 Å². The number of likely N-dealkylation sites (tertiary alicyclic amines) is 1. The number of epoxide rings is 1. The first-order chi connectivity index (χ1) is 9.94. The van der Waals surface area contributed by atoms with E-state index in [4.69, 9.17) is 9.47 Å². The van der Waals surface area contributed by atoms with Crippen LogP contribution in [0.2, 0.25) is 0 Å². The molecule has 0 spiro atoms. The van der Waals surface area contributed by atoms with Gasteiger partial charge in [0.05, 0.1) is 18.2 Å². The minimum Gasteiger partial charge on any atom is -0.444 e. The first-order valence-corrected chi connectivity index (χ1v) is 7.64. The molecule has 0 N–H and O–H groups in total. The van der Waals surface area contributed by atoms with Gasteiger partial charge in [-0.1, -0.05) is 30.3 Å². The van der Waals surface area contributed by atoms with Crippen LogP contribution in [-0.2, 0) is 9.47 Å². The minimum atomic E-state index is -0.468. The first-order valence-electron chi connectivity index (χ1n) is 7.64. The van der Waals surface area contributed by atoms with Crippen molar-refractivity contribution < 1.29 is 14.3 Å². The number of carbonyl (C=O) groups is 1. The van der Waals surface area contributed by atoms with Crippen molar-refractivity contribution >= 4 is 6.09 Å². The molecule has 2 fully saturated rings. The van der Waals surface area contributed by atoms with Crippen LogP contribution < -0.4 is 0 Å². The summed E-state index contributed by atoms with van der Waals surface area (Å²) in [4.78, 5) is 14.4. The molecular weight excluding hydrogens is 266 g/mol. The summed E-state index contributed by atoms with van der Waals surface area (Å²) >= 11 is 0. The van der Waals surface area contributed by atoms with Gasteiger partial charge in [-0.3, -0.25) is 0 Å². The van der Waals surface area contributed by atoms with Gasteiger partial charge in [-0.25, -0.2) is 4.79 Å². The highest BCUT2D eigenvalue weighted by Gasteiger charge is 2.46. The topological polar surface area (TPSA) is 42.1 Å². The van der Waals surface area contributed by atoms with Crippen LogP contribution in [0.25, 0.3) is 0 Å². The summed E-state index contributed by atoms with van der Waals surface area (Å²) in [5.41, 5.74) is 0.684. The largest absolute Gasteiger partial charge is 0.444 e. The van der Waals surface area contributed by atoms with Crippen LogP contribution in [0, 0.1) is 0 Å². The van der Waals surface area contributed by atoms with Gasteiger partial charge >= 0.3 is 6.09 Å². The van der Waals surface area contributed by atoms with Crippen molar-refractivity contribution in [1.82, 2.24) is 4.90 Å². The third kappa shape index (κ3) is 3.38. The zero-order valence-electron chi connectivity index (χ0n) is 12.9. The van der Waals surface area contributed by atoms with Gasteiger partial charge in [-0.2, -0.15) is 0 Å². The van der Waals surface area contributed by atoms with Gasteiger partial charge in [0.2, 0.25) is 0 Å². The molecule has 1 amide bonds. The monoisotopic (exact) mass is 289 g/mol. The Kier molecular flexibility index (Phi) is 3.66. The van der Waals surface area contributed by atoms with E-state index in [0.29, 0.717) is 18.8 Å². The lowest BCUT2D eigenvalue weighted by atomic mass is 10.0. The second kappa shape index (κ2) is 5.34. The Labute approximate surface area is 126 Å². The fraction of sp³-hybridized carbons (Fsp3) is 0.588. The molecule has 3 atom stereocenters. The Hall–Kier alpha value is -1.55. The summed E-state index contributed by atoms with van der Waals surface area (Å²) in [6, 6.07) is 10.2. The molecule has 0 bridgehead atoms. The molecule has 1 aromatic carbocycles. The van der Waals surface area contributed by atoms with Gasteiger partial charge in [0.25, 0.3) is 0 Å². The number of hydrogen-bond acceptors (Lipinski definition) is 3. The molecular formula is C17H23NO3. The van der Waals surface area contributed by atoms with E-state index in [-0.39, 0.29) is 12.1 Å². The highest BCUT2D eigenvalue weighted by Crippen LogP contribution is 2.40. The standard InChI is InChI=1S/C17H23NO3/c1-17(2,3)21-16(19)18-10-9-14-15(20-14)11-13(18)12-7-5-4-6-8-12/h4-8,13-15H,9-11H2,1-3H3. The van der Waals surface area contributed by atoms with Crippen LogP contribution in [0.4, 0.5) is 4.79 Å². The van der Waals surface area contributed by atoms with Crippen molar-refractivity contribution in [3.63, 3.8) is 0 Å². The number of carbonyl (C=O) groups excluding carboxylic acids is 1. The van der Waals surface area contributed by atoms with Crippen molar-refractivity contribution in [2.75, 3.05) is 6.54 Å². The maximum Gasteiger partial charge on any atom is 0.410 e. The van der Waals surface area contributed by atoms with Crippen LogP contribution in [0.5, 0.6) is 0 Å². The maximum atomic E-state index is 12.5. The average molecular weight is 289 g/mol. The molecule has 0 aromatic heterocycles. The lowest BCUT2D eigenvalue weighted by Crippen LogP contribution is -2.39. The van der Waals surface area contributed by atoms with E-state index in [1.165, 1.54) is 0 Å². The lowest BCUT2D eigenvalue weighted by molar-refractivity contribution is 0.0137. The third-order valence-electron chi connectivity index (χ3n) is 3.99. The van der Waals surface area contributed by atoms with Crippen LogP contribution in [-0.4, -0.2) is 35.3 Å². The molecule has 0 aliphatic carbocycles. The molecule has 0 radical (unpaired) electrons. The fourth-order valence-corrected chi connectivity index (χ4v) is 2.94. The Morgan fingerprint density at radius 2 is 1.95 bits per heavy atom. The Balaban J connectivity index is 1.82. The molecule has 2 aliphatic heterocycles. The summed E-state index contributed by atoms with van der Waals surface area (Å²) in [5, 5.41) is 0. The Bertz CT molecular complexity index is 509. The molecule has 2 saturated heterocycles. The highest BCUT2D eigenvalue weighted by molar-refractivity contribution is 5.69. The maximum absolute atomic E-state index is 12.5. The molecule has 0 saturated carbocycles. The van der Waals surface area contributed by atoms with E-state index in [0.717, 1.165) is 18.4 Å². The molecule has 21 heavy (non-hydrogen) atoms. The number of fused-ring (bicyclic) bond motifs is 1. The van der Waals surface area contributed by atoms with Crippen molar-refractivity contribution in [2.24, 2.45) is 0 Å². The molecule has 4 heteroatoms. The predicted octanol–water partition coefficient (Wildman–Crippen LogP) is 3.53. The molecule has 4 nitrogen and oxygen atoms in total. The van der Waals surface area contributed by atoms with Crippen molar-refractivity contribution in [1.29, 1.82) is 0 Å². The summed E-state index contributed by atoms with van der Waals surface area (Å²) < 4.78 is 11.2. The molecule has 3 rings (SSSR count). The van der Waals surface area contributed by atoms with Crippen LogP contribution >= 0.6 is 0 Å². The third-order valence-corrected chi connectivity index (χ3v) is 3.99. The lowest BCUT2D eigenvalue weighted by Gasteiger charge is -2.33. The molecule has 3 unspecified atom stereocenters. The average Bonchev–Trinajstić information content (AvgIpc) is 3.14. The molecule has 2 aliphatic rings. The zero-order valence-corrected chi connectivity index (χ0v) is 12.9. The predicted molar refractivity (Wildman–Crippen MR) is 80.0 cm³/mol. The van der Waals surface area contributed by atoms with E-state index >= 15 is 0 Å². The second-order valence-corrected chi connectivity index (χ2v) is 6.84. The zero-order chi connectivity index (χ0) is 15.0. The van der Waals surface area contributed by atoms with Crippen LogP contribution in [0.1, 0.15) is 45.2 Å². The van der Waals surface area contributed by atoms with Gasteiger partial charge in [0.15, 0.2) is 0 Å². The van der Waals surface area contributed by atoms with Crippen molar-refractivity contribution in [2.45, 2.75) is 57.5 Å². The molecule has 2 heterocycles. The number of ether oxygens (including phenoxy) is 2. The number of nitrogens with zero attached hydrogens (tertiary/aromatic N) is 1. The normalized spacial score (nSPS) is 28.5. The number of benzene rings is 1. The van der Waals surface area contributed by atoms with E-state index in [9.17, 15) is 4.79 Å². The van der Waals surface area contributed by atoms with Gasteiger partial charge in [0.1, 0.15) is 5.60 Å².